The third-order valence-electron chi connectivity index (χ3n) is 3.39. The van der Waals surface area contributed by atoms with Crippen LogP contribution in [0.2, 0.25) is 0 Å². The van der Waals surface area contributed by atoms with Crippen molar-refractivity contribution in [3.63, 3.8) is 0 Å². The van der Waals surface area contributed by atoms with Crippen LogP contribution in [-0.2, 0) is 6.54 Å². The molecule has 0 spiro atoms. The fourth-order valence-electron chi connectivity index (χ4n) is 2.17. The van der Waals surface area contributed by atoms with Gasteiger partial charge in [-0.1, -0.05) is 39.8 Å². The molecule has 102 valence electrons. The predicted octanol–water partition coefficient (Wildman–Crippen LogP) is 3.58. The summed E-state index contributed by atoms with van der Waals surface area (Å²) in [6, 6.07) is 10.7. The molecule has 0 aliphatic carbocycles. The van der Waals surface area contributed by atoms with E-state index in [9.17, 15) is 0 Å². The summed E-state index contributed by atoms with van der Waals surface area (Å²) in [4.78, 5) is 0. The Morgan fingerprint density at radius 3 is 2.16 bits per heavy atom. The Kier molecular flexibility index (Phi) is 4.05. The molecule has 1 heterocycles. The average Bonchev–Trinajstić information content (AvgIpc) is 2.83. The van der Waals surface area contributed by atoms with Crippen molar-refractivity contribution in [2.24, 2.45) is 5.73 Å². The number of nitrogens with zero attached hydrogens (tertiary/aromatic N) is 2. The summed E-state index contributed by atoms with van der Waals surface area (Å²) in [5, 5.41) is 4.59. The zero-order valence-corrected chi connectivity index (χ0v) is 12.2. The lowest BCUT2D eigenvalue weighted by molar-refractivity contribution is 0.726. The first-order valence-electron chi connectivity index (χ1n) is 6.92. The SMILES string of the molecule is CC(C)c1ccc(-n2nc(CN)cc2C(C)C)cc1. The highest BCUT2D eigenvalue weighted by atomic mass is 15.3. The minimum Gasteiger partial charge on any atom is -0.325 e. The molecule has 0 saturated heterocycles. The van der Waals surface area contributed by atoms with Crippen molar-refractivity contribution >= 4 is 0 Å². The highest BCUT2D eigenvalue weighted by molar-refractivity contribution is 5.37. The van der Waals surface area contributed by atoms with Crippen LogP contribution in [0.4, 0.5) is 0 Å². The minimum atomic E-state index is 0.428. The van der Waals surface area contributed by atoms with Gasteiger partial charge >= 0.3 is 0 Å². The molecule has 0 unspecified atom stereocenters. The fourth-order valence-corrected chi connectivity index (χ4v) is 2.17. The van der Waals surface area contributed by atoms with Crippen molar-refractivity contribution in [1.29, 1.82) is 0 Å². The number of hydrogen-bond donors (Lipinski definition) is 1. The smallest absolute Gasteiger partial charge is 0.0767 e. The molecular formula is C16H23N3. The Morgan fingerprint density at radius 1 is 1.05 bits per heavy atom. The molecule has 19 heavy (non-hydrogen) atoms. The summed E-state index contributed by atoms with van der Waals surface area (Å²) >= 11 is 0. The van der Waals surface area contributed by atoms with Gasteiger partial charge in [-0.3, -0.25) is 0 Å². The van der Waals surface area contributed by atoms with Gasteiger partial charge in [0.2, 0.25) is 0 Å². The molecule has 3 heteroatoms. The van der Waals surface area contributed by atoms with Crippen LogP contribution in [0.3, 0.4) is 0 Å². The molecule has 0 fully saturated rings. The van der Waals surface area contributed by atoms with Gasteiger partial charge in [-0.25, -0.2) is 4.68 Å². The maximum Gasteiger partial charge on any atom is 0.0767 e. The molecule has 0 aliphatic rings. The van der Waals surface area contributed by atoms with Crippen molar-refractivity contribution in [2.45, 2.75) is 46.1 Å². The van der Waals surface area contributed by atoms with E-state index in [1.807, 2.05) is 4.68 Å². The van der Waals surface area contributed by atoms with Gasteiger partial charge in [0.25, 0.3) is 0 Å². The van der Waals surface area contributed by atoms with E-state index in [-0.39, 0.29) is 0 Å². The quantitative estimate of drug-likeness (QED) is 0.909. The zero-order valence-electron chi connectivity index (χ0n) is 12.2. The molecule has 2 N–H and O–H groups in total. The first kappa shape index (κ1) is 13.8. The van der Waals surface area contributed by atoms with Gasteiger partial charge in [-0.2, -0.15) is 5.10 Å². The van der Waals surface area contributed by atoms with Gasteiger partial charge < -0.3 is 5.73 Å². The van der Waals surface area contributed by atoms with E-state index in [4.69, 9.17) is 5.73 Å². The second-order valence-electron chi connectivity index (χ2n) is 5.58. The van der Waals surface area contributed by atoms with Gasteiger partial charge in [0.1, 0.15) is 0 Å². The molecule has 0 saturated carbocycles. The number of benzene rings is 1. The van der Waals surface area contributed by atoms with Crippen LogP contribution in [-0.4, -0.2) is 9.78 Å². The highest BCUT2D eigenvalue weighted by Gasteiger charge is 2.12. The monoisotopic (exact) mass is 257 g/mol. The van der Waals surface area contributed by atoms with Gasteiger partial charge in [0.05, 0.1) is 11.4 Å². The summed E-state index contributed by atoms with van der Waals surface area (Å²) in [6.45, 7) is 9.24. The van der Waals surface area contributed by atoms with Crippen LogP contribution in [0.15, 0.2) is 30.3 Å². The lowest BCUT2D eigenvalue weighted by atomic mass is 10.0. The van der Waals surface area contributed by atoms with E-state index >= 15 is 0 Å². The Hall–Kier alpha value is -1.61. The summed E-state index contributed by atoms with van der Waals surface area (Å²) in [6.07, 6.45) is 0. The van der Waals surface area contributed by atoms with Crippen molar-refractivity contribution < 1.29 is 0 Å². The summed E-state index contributed by atoms with van der Waals surface area (Å²) in [5.74, 6) is 0.980. The standard InChI is InChI=1S/C16H23N3/c1-11(2)13-5-7-15(8-6-13)19-16(12(3)4)9-14(10-17)18-19/h5-9,11-12H,10,17H2,1-4H3. The lowest BCUT2D eigenvalue weighted by Crippen LogP contribution is -2.04. The van der Waals surface area contributed by atoms with Crippen LogP contribution < -0.4 is 5.73 Å². The Labute approximate surface area is 115 Å². The van der Waals surface area contributed by atoms with Crippen LogP contribution >= 0.6 is 0 Å². The molecule has 0 amide bonds. The lowest BCUT2D eigenvalue weighted by Gasteiger charge is -2.11. The normalized spacial score (nSPS) is 11.5. The van der Waals surface area contributed by atoms with E-state index in [0.29, 0.717) is 18.4 Å². The maximum absolute atomic E-state index is 5.70. The van der Waals surface area contributed by atoms with Gasteiger partial charge in [0.15, 0.2) is 0 Å². The van der Waals surface area contributed by atoms with E-state index < -0.39 is 0 Å². The maximum atomic E-state index is 5.70. The number of rotatable bonds is 4. The summed E-state index contributed by atoms with van der Waals surface area (Å²) < 4.78 is 2.01. The topological polar surface area (TPSA) is 43.8 Å². The first-order valence-corrected chi connectivity index (χ1v) is 6.92. The van der Waals surface area contributed by atoms with Crippen molar-refractivity contribution in [2.75, 3.05) is 0 Å². The van der Waals surface area contributed by atoms with Crippen LogP contribution in [0, 0.1) is 0 Å². The fraction of sp³-hybridized carbons (Fsp3) is 0.438. The van der Waals surface area contributed by atoms with Crippen molar-refractivity contribution in [1.82, 2.24) is 9.78 Å². The molecule has 2 aromatic rings. The molecular weight excluding hydrogens is 234 g/mol. The number of nitrogens with two attached hydrogens (primary N) is 1. The van der Waals surface area contributed by atoms with Gasteiger partial charge in [-0.15, -0.1) is 0 Å². The van der Waals surface area contributed by atoms with Crippen LogP contribution in [0.25, 0.3) is 5.69 Å². The van der Waals surface area contributed by atoms with Crippen molar-refractivity contribution in [3.8, 4) is 5.69 Å². The van der Waals surface area contributed by atoms with E-state index in [1.54, 1.807) is 0 Å². The van der Waals surface area contributed by atoms with Crippen LogP contribution in [0.5, 0.6) is 0 Å². The molecule has 2 rings (SSSR count). The van der Waals surface area contributed by atoms with Gasteiger partial charge in [0, 0.05) is 12.2 Å². The molecule has 0 aliphatic heterocycles. The van der Waals surface area contributed by atoms with Gasteiger partial charge in [-0.05, 0) is 35.6 Å². The molecule has 1 aromatic heterocycles. The molecule has 0 atom stereocenters. The van der Waals surface area contributed by atoms with E-state index in [0.717, 1.165) is 11.4 Å². The Balaban J connectivity index is 2.42. The highest BCUT2D eigenvalue weighted by Crippen LogP contribution is 2.22. The predicted molar refractivity (Wildman–Crippen MR) is 79.6 cm³/mol. The molecule has 0 radical (unpaired) electrons. The Morgan fingerprint density at radius 2 is 1.68 bits per heavy atom. The van der Waals surface area contributed by atoms with E-state index in [1.165, 1.54) is 11.3 Å². The second kappa shape index (κ2) is 5.57. The molecule has 1 aromatic carbocycles. The average molecular weight is 257 g/mol. The zero-order chi connectivity index (χ0) is 14.0. The Bertz CT molecular complexity index is 536. The first-order chi connectivity index (χ1) is 9.02. The van der Waals surface area contributed by atoms with Crippen molar-refractivity contribution in [3.05, 3.63) is 47.3 Å². The number of hydrogen-bond acceptors (Lipinski definition) is 2. The second-order valence-corrected chi connectivity index (χ2v) is 5.58. The summed E-state index contributed by atoms with van der Waals surface area (Å²) in [5.41, 5.74) is 10.3. The molecule has 0 bridgehead atoms. The minimum absolute atomic E-state index is 0.428. The number of aromatic nitrogens is 2. The molecule has 3 nitrogen and oxygen atoms in total. The third-order valence-corrected chi connectivity index (χ3v) is 3.39. The van der Waals surface area contributed by atoms with E-state index in [2.05, 4.69) is 63.1 Å². The third kappa shape index (κ3) is 2.87. The largest absolute Gasteiger partial charge is 0.325 e. The summed E-state index contributed by atoms with van der Waals surface area (Å²) in [7, 11) is 0. The van der Waals surface area contributed by atoms with Crippen LogP contribution in [0.1, 0.15) is 56.5 Å².